The average molecular weight is 480 g/mol. The normalized spacial score (nSPS) is 11.9. The summed E-state index contributed by atoms with van der Waals surface area (Å²) in [5.74, 6) is -1.13. The van der Waals surface area contributed by atoms with Gasteiger partial charge in [-0.15, -0.1) is 0 Å². The lowest BCUT2D eigenvalue weighted by molar-refractivity contribution is -0.128. The molecule has 2 N–H and O–H groups in total. The van der Waals surface area contributed by atoms with Crippen molar-refractivity contribution in [2.75, 3.05) is 49.1 Å². The van der Waals surface area contributed by atoms with Gasteiger partial charge in [-0.1, -0.05) is 24.3 Å². The number of alkyl halides is 3. The van der Waals surface area contributed by atoms with E-state index >= 15 is 0 Å². The van der Waals surface area contributed by atoms with E-state index in [9.17, 15) is 26.4 Å². The van der Waals surface area contributed by atoms with Gasteiger partial charge in [0.2, 0.25) is 5.91 Å². The number of amides is 1. The second kappa shape index (κ2) is 9.70. The summed E-state index contributed by atoms with van der Waals surface area (Å²) in [6.07, 6.45) is 0. The minimum atomic E-state index is -3.96. The van der Waals surface area contributed by atoms with Gasteiger partial charge in [0.1, 0.15) is 25.4 Å². The van der Waals surface area contributed by atoms with Gasteiger partial charge in [-0.25, -0.2) is 21.6 Å². The van der Waals surface area contributed by atoms with E-state index in [0.717, 1.165) is 11.1 Å². The predicted molar refractivity (Wildman–Crippen MR) is 125 cm³/mol. The molecule has 3 aromatic rings. The van der Waals surface area contributed by atoms with E-state index in [2.05, 4.69) is 10.0 Å². The van der Waals surface area contributed by atoms with E-state index in [0.29, 0.717) is 5.39 Å². The number of nitrogens with zero attached hydrogens (tertiary/aromatic N) is 1. The number of benzene rings is 3. The van der Waals surface area contributed by atoms with Gasteiger partial charge < -0.3 is 10.2 Å². The lowest BCUT2D eigenvalue weighted by atomic mass is 9.92. The second-order valence-electron chi connectivity index (χ2n) is 7.84. The quantitative estimate of drug-likeness (QED) is 0.472. The van der Waals surface area contributed by atoms with Crippen molar-refractivity contribution < 1.29 is 26.4 Å². The molecule has 0 aromatic heterocycles. The third-order valence-corrected chi connectivity index (χ3v) is 6.71. The Morgan fingerprint density at radius 2 is 1.39 bits per heavy atom. The first-order valence-electron chi connectivity index (χ1n) is 9.99. The van der Waals surface area contributed by atoms with E-state index in [-0.39, 0.29) is 16.3 Å². The number of fused-ring (bicyclic) bond motifs is 1. The fourth-order valence-electron chi connectivity index (χ4n) is 3.27. The van der Waals surface area contributed by atoms with Gasteiger partial charge in [0.25, 0.3) is 10.0 Å². The molecule has 0 heterocycles. The summed E-state index contributed by atoms with van der Waals surface area (Å²) in [7, 11) is -0.221. The van der Waals surface area contributed by atoms with Crippen LogP contribution in [0.15, 0.2) is 65.6 Å². The summed E-state index contributed by atoms with van der Waals surface area (Å²) >= 11 is 0. The van der Waals surface area contributed by atoms with Crippen LogP contribution >= 0.6 is 0 Å². The van der Waals surface area contributed by atoms with E-state index in [1.54, 1.807) is 18.2 Å². The average Bonchev–Trinajstić information content (AvgIpc) is 2.80. The van der Waals surface area contributed by atoms with Crippen LogP contribution in [0.1, 0.15) is 0 Å². The van der Waals surface area contributed by atoms with Crippen molar-refractivity contribution in [3.63, 3.8) is 0 Å². The number of hydrogen-bond acceptors (Lipinski definition) is 4. The Labute approximate surface area is 190 Å². The molecule has 3 aromatic carbocycles. The largest absolute Gasteiger partial charge is 0.377 e. The van der Waals surface area contributed by atoms with Crippen LogP contribution in [0.2, 0.25) is 0 Å². The van der Waals surface area contributed by atoms with E-state index in [1.807, 2.05) is 31.1 Å². The number of carbonyl (C=O) groups is 1. The summed E-state index contributed by atoms with van der Waals surface area (Å²) in [6, 6.07) is 15.9. The van der Waals surface area contributed by atoms with Gasteiger partial charge in [0.15, 0.2) is 0 Å². The molecule has 0 unspecified atom stereocenters. The summed E-state index contributed by atoms with van der Waals surface area (Å²) in [5, 5.41) is 3.59. The Bertz CT molecular complexity index is 1240. The zero-order valence-corrected chi connectivity index (χ0v) is 18.9. The first kappa shape index (κ1) is 24.4. The van der Waals surface area contributed by atoms with Crippen LogP contribution in [0.25, 0.3) is 10.8 Å². The summed E-state index contributed by atoms with van der Waals surface area (Å²) < 4.78 is 67.8. The molecular formula is C23H24F3N3O3S. The van der Waals surface area contributed by atoms with Crippen molar-refractivity contribution in [1.29, 1.82) is 0 Å². The molecule has 0 saturated carbocycles. The topological polar surface area (TPSA) is 78.5 Å². The van der Waals surface area contributed by atoms with Crippen LogP contribution in [0.5, 0.6) is 0 Å². The number of anilines is 3. The summed E-state index contributed by atoms with van der Waals surface area (Å²) in [6.45, 7) is -4.45. The molecule has 0 atom stereocenters. The third kappa shape index (κ3) is 4.90. The maximum Gasteiger partial charge on any atom is 0.262 e. The lowest BCUT2D eigenvalue weighted by Crippen LogP contribution is -2.42. The van der Waals surface area contributed by atoms with Crippen molar-refractivity contribution in [2.45, 2.75) is 4.90 Å². The van der Waals surface area contributed by atoms with E-state index in [4.69, 9.17) is 0 Å². The molecule has 1 amide bonds. The highest BCUT2D eigenvalue weighted by atomic mass is 32.2. The van der Waals surface area contributed by atoms with Crippen molar-refractivity contribution in [3.8, 4) is 0 Å². The maximum absolute atomic E-state index is 13.1. The summed E-state index contributed by atoms with van der Waals surface area (Å²) in [4.78, 5) is 14.1. The number of carbonyl (C=O) groups excluding carboxylic acids is 1. The smallest absolute Gasteiger partial charge is 0.262 e. The van der Waals surface area contributed by atoms with E-state index < -0.39 is 41.4 Å². The molecule has 0 fully saturated rings. The van der Waals surface area contributed by atoms with Gasteiger partial charge in [0.05, 0.1) is 4.90 Å². The molecule has 0 aliphatic carbocycles. The first-order valence-corrected chi connectivity index (χ1v) is 11.5. The van der Waals surface area contributed by atoms with Gasteiger partial charge in [-0.05, 0) is 36.4 Å². The van der Waals surface area contributed by atoms with Crippen molar-refractivity contribution in [2.24, 2.45) is 5.41 Å². The maximum atomic E-state index is 13.1. The van der Waals surface area contributed by atoms with Gasteiger partial charge in [-0.2, -0.15) is 0 Å². The predicted octanol–water partition coefficient (Wildman–Crippen LogP) is 4.54. The first-order chi connectivity index (χ1) is 15.7. The third-order valence-electron chi connectivity index (χ3n) is 5.27. The summed E-state index contributed by atoms with van der Waals surface area (Å²) in [5.41, 5.74) is -1.17. The molecule has 0 bridgehead atoms. The van der Waals surface area contributed by atoms with Crippen LogP contribution in [0.4, 0.5) is 30.2 Å². The van der Waals surface area contributed by atoms with Gasteiger partial charge >= 0.3 is 0 Å². The molecule has 0 spiro atoms. The fourth-order valence-corrected chi connectivity index (χ4v) is 4.56. The Kier molecular flexibility index (Phi) is 7.16. The molecule has 0 radical (unpaired) electrons. The molecule has 33 heavy (non-hydrogen) atoms. The van der Waals surface area contributed by atoms with Crippen molar-refractivity contribution in [1.82, 2.24) is 0 Å². The molecule has 176 valence electrons. The highest BCUT2D eigenvalue weighted by Crippen LogP contribution is 2.31. The fraction of sp³-hybridized carbons (Fsp3) is 0.261. The molecule has 10 heteroatoms. The van der Waals surface area contributed by atoms with Crippen LogP contribution in [-0.4, -0.2) is 48.4 Å². The Balaban J connectivity index is 1.84. The molecule has 0 saturated heterocycles. The SMILES string of the molecule is CN(C)c1cccc2c(S(=O)(=O)Nc3ccc(NC(=O)C(CF)(CF)CF)cc3)cccc12. The standard InChI is InChI=1S/C23H24F3N3O3S/c1-29(2)20-7-3-6-19-18(20)5-4-8-21(19)33(31,32)28-17-11-9-16(10-12-17)27-22(30)23(13-24,14-25)15-26/h3-12,28H,13-15H2,1-2H3,(H,27,30). The van der Waals surface area contributed by atoms with E-state index in [1.165, 1.54) is 30.3 Å². The molecule has 3 rings (SSSR count). The Morgan fingerprint density at radius 3 is 1.97 bits per heavy atom. The van der Waals surface area contributed by atoms with Crippen LogP contribution in [0.3, 0.4) is 0 Å². The minimum absolute atomic E-state index is 0.0969. The second-order valence-corrected chi connectivity index (χ2v) is 9.49. The lowest BCUT2D eigenvalue weighted by Gasteiger charge is -2.23. The number of rotatable bonds is 9. The zero-order valence-electron chi connectivity index (χ0n) is 18.1. The van der Waals surface area contributed by atoms with Gasteiger partial charge in [-0.3, -0.25) is 9.52 Å². The zero-order chi connectivity index (χ0) is 24.2. The number of sulfonamides is 1. The highest BCUT2D eigenvalue weighted by molar-refractivity contribution is 7.93. The number of halogens is 3. The van der Waals surface area contributed by atoms with Crippen molar-refractivity contribution in [3.05, 3.63) is 60.7 Å². The van der Waals surface area contributed by atoms with Crippen LogP contribution in [0, 0.1) is 5.41 Å². The molecule has 0 aliphatic heterocycles. The van der Waals surface area contributed by atoms with Gasteiger partial charge in [0, 0.05) is 41.9 Å². The number of hydrogen-bond donors (Lipinski definition) is 2. The molecule has 0 aliphatic rings. The molecule has 6 nitrogen and oxygen atoms in total. The van der Waals surface area contributed by atoms with Crippen molar-refractivity contribution >= 4 is 43.8 Å². The highest BCUT2D eigenvalue weighted by Gasteiger charge is 2.39. The molecular weight excluding hydrogens is 455 g/mol. The minimum Gasteiger partial charge on any atom is -0.377 e. The van der Waals surface area contributed by atoms with Crippen LogP contribution in [-0.2, 0) is 14.8 Å². The monoisotopic (exact) mass is 479 g/mol. The number of nitrogens with one attached hydrogen (secondary N) is 2. The Hall–Kier alpha value is -3.27. The Morgan fingerprint density at radius 1 is 0.848 bits per heavy atom. The van der Waals surface area contributed by atoms with Crippen LogP contribution < -0.4 is 14.9 Å².